The highest BCUT2D eigenvalue weighted by Crippen LogP contribution is 1.93. The minimum atomic E-state index is -0.763. The molecule has 1 radical (unpaired) electrons. The molecule has 4 nitrogen and oxygen atoms in total. The second-order valence-corrected chi connectivity index (χ2v) is 2.21. The Kier molecular flexibility index (Phi) is 2.66. The summed E-state index contributed by atoms with van der Waals surface area (Å²) in [5.74, 6) is -0.763. The predicted octanol–water partition coefficient (Wildman–Crippen LogP) is 0.548. The third-order valence-corrected chi connectivity index (χ3v) is 1.29. The maximum atomic E-state index is 10.1. The van der Waals surface area contributed by atoms with Gasteiger partial charge in [-0.2, -0.15) is 5.10 Å². The molecule has 11 heavy (non-hydrogen) atoms. The van der Waals surface area contributed by atoms with Crippen molar-refractivity contribution < 1.29 is 9.90 Å². The molecule has 0 aliphatic rings. The first kappa shape index (κ1) is 7.78. The Bertz CT molecular complexity index is 218. The fourth-order valence-electron chi connectivity index (χ4n) is 0.777. The van der Waals surface area contributed by atoms with Crippen molar-refractivity contribution in [2.24, 2.45) is 0 Å². The summed E-state index contributed by atoms with van der Waals surface area (Å²) >= 11 is 0. The third-order valence-electron chi connectivity index (χ3n) is 1.29. The smallest absolute Gasteiger partial charge is 0.303 e. The summed E-state index contributed by atoms with van der Waals surface area (Å²) in [6.07, 6.45) is 5.21. The Hall–Kier alpha value is -1.32. The Morgan fingerprint density at radius 2 is 2.55 bits per heavy atom. The molecule has 0 aromatic carbocycles. The van der Waals surface area contributed by atoms with Crippen molar-refractivity contribution in [2.75, 3.05) is 0 Å². The van der Waals surface area contributed by atoms with E-state index in [4.69, 9.17) is 5.11 Å². The van der Waals surface area contributed by atoms with Gasteiger partial charge in [0.2, 0.25) is 0 Å². The lowest BCUT2D eigenvalue weighted by Crippen LogP contribution is -2.01. The highest BCUT2D eigenvalue weighted by Gasteiger charge is 1.96. The number of rotatable bonds is 4. The Balaban J connectivity index is 2.19. The van der Waals surface area contributed by atoms with Crippen LogP contribution in [0.25, 0.3) is 0 Å². The van der Waals surface area contributed by atoms with E-state index in [1.54, 1.807) is 16.9 Å². The minimum Gasteiger partial charge on any atom is -0.481 e. The third kappa shape index (κ3) is 2.84. The molecule has 1 heterocycles. The van der Waals surface area contributed by atoms with E-state index in [2.05, 4.69) is 11.3 Å². The van der Waals surface area contributed by atoms with Crippen LogP contribution in [-0.4, -0.2) is 20.9 Å². The zero-order chi connectivity index (χ0) is 8.10. The molecule has 1 rings (SSSR count). The van der Waals surface area contributed by atoms with E-state index in [9.17, 15) is 4.79 Å². The summed E-state index contributed by atoms with van der Waals surface area (Å²) in [6.45, 7) is 0.649. The highest BCUT2D eigenvalue weighted by atomic mass is 16.4. The Morgan fingerprint density at radius 3 is 3.09 bits per heavy atom. The molecule has 1 aromatic rings. The topological polar surface area (TPSA) is 55.1 Å². The Labute approximate surface area is 64.5 Å². The van der Waals surface area contributed by atoms with Gasteiger partial charge in [-0.1, -0.05) is 0 Å². The van der Waals surface area contributed by atoms with Gasteiger partial charge < -0.3 is 5.11 Å². The van der Waals surface area contributed by atoms with E-state index >= 15 is 0 Å². The second kappa shape index (κ2) is 3.75. The van der Waals surface area contributed by atoms with Crippen molar-refractivity contribution in [1.82, 2.24) is 9.78 Å². The molecule has 0 amide bonds. The van der Waals surface area contributed by atoms with Crippen LogP contribution in [0, 0.1) is 6.20 Å². The Morgan fingerprint density at radius 1 is 1.73 bits per heavy atom. The van der Waals surface area contributed by atoms with Crippen LogP contribution in [0.3, 0.4) is 0 Å². The number of carboxylic acid groups (broad SMARTS) is 1. The molecular weight excluding hydrogens is 144 g/mol. The molecule has 0 saturated heterocycles. The van der Waals surface area contributed by atoms with Crippen LogP contribution in [0.15, 0.2) is 12.3 Å². The van der Waals surface area contributed by atoms with Crippen LogP contribution in [-0.2, 0) is 11.3 Å². The summed E-state index contributed by atoms with van der Waals surface area (Å²) in [4.78, 5) is 10.1. The SMILES string of the molecule is O=C(O)CCCn1cc[c]n1. The first-order valence-corrected chi connectivity index (χ1v) is 3.40. The number of carbonyl (C=O) groups is 1. The maximum absolute atomic E-state index is 10.1. The van der Waals surface area contributed by atoms with E-state index in [1.807, 2.05) is 0 Å². The summed E-state index contributed by atoms with van der Waals surface area (Å²) in [6, 6.07) is 1.70. The lowest BCUT2D eigenvalue weighted by molar-refractivity contribution is -0.137. The average molecular weight is 153 g/mol. The molecule has 0 aliphatic carbocycles. The maximum Gasteiger partial charge on any atom is 0.303 e. The number of nitrogens with zero attached hydrogens (tertiary/aromatic N) is 2. The van der Waals surface area contributed by atoms with E-state index < -0.39 is 5.97 Å². The van der Waals surface area contributed by atoms with Gasteiger partial charge in [-0.25, -0.2) is 0 Å². The normalized spacial score (nSPS) is 9.82. The van der Waals surface area contributed by atoms with Crippen molar-refractivity contribution >= 4 is 5.97 Å². The molecule has 59 valence electrons. The van der Waals surface area contributed by atoms with Crippen molar-refractivity contribution in [3.63, 3.8) is 0 Å². The van der Waals surface area contributed by atoms with Crippen LogP contribution >= 0.6 is 0 Å². The monoisotopic (exact) mass is 153 g/mol. The summed E-state index contributed by atoms with van der Waals surface area (Å²) in [5, 5.41) is 12.1. The molecule has 1 aromatic heterocycles. The predicted molar refractivity (Wildman–Crippen MR) is 37.9 cm³/mol. The van der Waals surface area contributed by atoms with E-state index in [-0.39, 0.29) is 6.42 Å². The zero-order valence-electron chi connectivity index (χ0n) is 6.03. The number of aliphatic carboxylic acids is 1. The van der Waals surface area contributed by atoms with Crippen molar-refractivity contribution in [1.29, 1.82) is 0 Å². The molecule has 0 spiro atoms. The van der Waals surface area contributed by atoms with Gasteiger partial charge in [0.05, 0.1) is 0 Å². The van der Waals surface area contributed by atoms with Gasteiger partial charge in [0.25, 0.3) is 0 Å². The van der Waals surface area contributed by atoms with Crippen molar-refractivity contribution in [3.8, 4) is 0 Å². The lowest BCUT2D eigenvalue weighted by atomic mass is 10.3. The quantitative estimate of drug-likeness (QED) is 0.687. The molecule has 0 saturated carbocycles. The summed E-state index contributed by atoms with van der Waals surface area (Å²) < 4.78 is 1.67. The highest BCUT2D eigenvalue weighted by molar-refractivity contribution is 5.66. The number of carboxylic acids is 1. The van der Waals surface area contributed by atoms with Gasteiger partial charge >= 0.3 is 5.97 Å². The largest absolute Gasteiger partial charge is 0.481 e. The fourth-order valence-corrected chi connectivity index (χ4v) is 0.777. The van der Waals surface area contributed by atoms with Gasteiger partial charge in [0.1, 0.15) is 6.20 Å². The molecule has 0 aliphatic heterocycles. The first-order chi connectivity index (χ1) is 5.29. The van der Waals surface area contributed by atoms with Crippen LogP contribution in [0.2, 0.25) is 0 Å². The zero-order valence-corrected chi connectivity index (χ0v) is 6.03. The lowest BCUT2D eigenvalue weighted by Gasteiger charge is -1.96. The van der Waals surface area contributed by atoms with E-state index in [0.29, 0.717) is 13.0 Å². The van der Waals surface area contributed by atoms with Crippen LogP contribution < -0.4 is 0 Å². The minimum absolute atomic E-state index is 0.194. The van der Waals surface area contributed by atoms with Gasteiger partial charge in [-0.05, 0) is 12.5 Å². The van der Waals surface area contributed by atoms with Crippen molar-refractivity contribution in [2.45, 2.75) is 19.4 Å². The number of hydrogen-bond acceptors (Lipinski definition) is 2. The molecule has 1 N–H and O–H groups in total. The first-order valence-electron chi connectivity index (χ1n) is 3.40. The van der Waals surface area contributed by atoms with Crippen molar-refractivity contribution in [3.05, 3.63) is 18.5 Å². The molecule has 0 fully saturated rings. The molecule has 0 unspecified atom stereocenters. The fraction of sp³-hybridized carbons (Fsp3) is 0.429. The van der Waals surface area contributed by atoms with Crippen LogP contribution in [0.5, 0.6) is 0 Å². The van der Waals surface area contributed by atoms with Gasteiger partial charge in [-0.15, -0.1) is 0 Å². The number of aromatic nitrogens is 2. The number of hydrogen-bond donors (Lipinski definition) is 1. The molecule has 4 heteroatoms. The van der Waals surface area contributed by atoms with Gasteiger partial charge in [0, 0.05) is 19.2 Å². The van der Waals surface area contributed by atoms with Gasteiger partial charge in [0.15, 0.2) is 0 Å². The molecule has 0 bridgehead atoms. The standard InChI is InChI=1S/C7H9N2O2/c10-7(11)3-1-5-9-6-2-4-8-9/h2,6H,1,3,5H2,(H,10,11). The van der Waals surface area contributed by atoms with Crippen LogP contribution in [0.4, 0.5) is 0 Å². The van der Waals surface area contributed by atoms with E-state index in [0.717, 1.165) is 0 Å². The second-order valence-electron chi connectivity index (χ2n) is 2.21. The molecular formula is C7H9N2O2. The number of aryl methyl sites for hydroxylation is 1. The van der Waals surface area contributed by atoms with E-state index in [1.165, 1.54) is 0 Å². The average Bonchev–Trinajstić information content (AvgIpc) is 2.39. The van der Waals surface area contributed by atoms with Crippen LogP contribution in [0.1, 0.15) is 12.8 Å². The summed E-state index contributed by atoms with van der Waals surface area (Å²) in [7, 11) is 0. The molecule has 0 atom stereocenters. The van der Waals surface area contributed by atoms with Gasteiger partial charge in [-0.3, -0.25) is 9.48 Å². The summed E-state index contributed by atoms with van der Waals surface area (Å²) in [5.41, 5.74) is 0.